The zero-order valence-corrected chi connectivity index (χ0v) is 22.3. The van der Waals surface area contributed by atoms with E-state index in [1.54, 1.807) is 24.8 Å². The van der Waals surface area contributed by atoms with Gasteiger partial charge in [-0.1, -0.05) is 38.1 Å². The molecule has 38 heavy (non-hydrogen) atoms. The maximum absolute atomic E-state index is 12.9. The number of rotatable bonds is 14. The predicted molar refractivity (Wildman–Crippen MR) is 150 cm³/mol. The molecule has 0 saturated heterocycles. The molecule has 198 valence electrons. The van der Waals surface area contributed by atoms with Gasteiger partial charge in [0.1, 0.15) is 5.82 Å². The van der Waals surface area contributed by atoms with Crippen LogP contribution in [0.1, 0.15) is 59.7 Å². The van der Waals surface area contributed by atoms with Gasteiger partial charge in [0.2, 0.25) is 0 Å². The number of aromatic amines is 1. The first-order chi connectivity index (χ1) is 18.6. The van der Waals surface area contributed by atoms with Crippen LogP contribution in [0.5, 0.6) is 0 Å². The van der Waals surface area contributed by atoms with Gasteiger partial charge in [0.25, 0.3) is 5.91 Å². The summed E-state index contributed by atoms with van der Waals surface area (Å²) in [6, 6.07) is 15.9. The van der Waals surface area contributed by atoms with Crippen LogP contribution in [0.2, 0.25) is 0 Å². The van der Waals surface area contributed by atoms with Crippen LogP contribution in [0.25, 0.3) is 0 Å². The summed E-state index contributed by atoms with van der Waals surface area (Å²) in [7, 11) is 0. The number of benzene rings is 2. The van der Waals surface area contributed by atoms with Gasteiger partial charge >= 0.3 is 0 Å². The van der Waals surface area contributed by atoms with Crippen LogP contribution in [0.15, 0.2) is 79.5 Å². The van der Waals surface area contributed by atoms with Gasteiger partial charge in [-0.2, -0.15) is 0 Å². The number of hydrogen-bond donors (Lipinski definition) is 2. The normalized spacial score (nSPS) is 11.3. The fraction of sp³-hybridized carbons (Fsp3) is 0.333. The number of anilines is 1. The van der Waals surface area contributed by atoms with Crippen molar-refractivity contribution in [2.24, 2.45) is 0 Å². The van der Waals surface area contributed by atoms with Gasteiger partial charge in [0.05, 0.1) is 12.2 Å². The molecule has 2 aromatic carbocycles. The highest BCUT2D eigenvalue weighted by Gasteiger charge is 2.12. The molecule has 0 bridgehead atoms. The highest BCUT2D eigenvalue weighted by atomic mass is 16.1. The molecule has 0 fully saturated rings. The van der Waals surface area contributed by atoms with Gasteiger partial charge in [-0.25, -0.2) is 4.98 Å². The van der Waals surface area contributed by atoms with Crippen LogP contribution in [-0.4, -0.2) is 48.7 Å². The molecule has 8 heteroatoms. The lowest BCUT2D eigenvalue weighted by atomic mass is 10.1. The van der Waals surface area contributed by atoms with E-state index in [1.807, 2.05) is 42.6 Å². The van der Waals surface area contributed by atoms with E-state index in [0.717, 1.165) is 55.2 Å². The SMILES string of the molecule is CCCN(CCC)Cc1ccc(NC(=O)c2ccc(CN(Cc3cnccn3)Cc3ncc[nH]3)cc2)cc1. The van der Waals surface area contributed by atoms with Crippen molar-refractivity contribution in [1.29, 1.82) is 0 Å². The molecule has 0 aliphatic heterocycles. The molecule has 8 nitrogen and oxygen atoms in total. The maximum Gasteiger partial charge on any atom is 0.255 e. The zero-order valence-electron chi connectivity index (χ0n) is 22.3. The number of carbonyl (C=O) groups excluding carboxylic acids is 1. The first kappa shape index (κ1) is 27.2. The van der Waals surface area contributed by atoms with Gasteiger partial charge in [-0.15, -0.1) is 0 Å². The van der Waals surface area contributed by atoms with Crippen molar-refractivity contribution in [3.63, 3.8) is 0 Å². The summed E-state index contributed by atoms with van der Waals surface area (Å²) in [6.07, 6.45) is 11.0. The Bertz CT molecular complexity index is 1220. The van der Waals surface area contributed by atoms with E-state index in [9.17, 15) is 4.79 Å². The molecule has 0 saturated carbocycles. The molecule has 4 aromatic rings. The fourth-order valence-electron chi connectivity index (χ4n) is 4.48. The first-order valence-corrected chi connectivity index (χ1v) is 13.3. The second-order valence-corrected chi connectivity index (χ2v) is 9.50. The molecule has 2 N–H and O–H groups in total. The Kier molecular flexibility index (Phi) is 10.1. The summed E-state index contributed by atoms with van der Waals surface area (Å²) in [5.74, 6) is 0.772. The van der Waals surface area contributed by atoms with Crippen LogP contribution in [0, 0.1) is 0 Å². The summed E-state index contributed by atoms with van der Waals surface area (Å²) >= 11 is 0. The molecule has 1 amide bonds. The standard InChI is InChI=1S/C30H37N7O/c1-3-17-36(18-4-2)20-25-7-11-27(12-8-25)35-30(38)26-9-5-24(6-10-26)21-37(23-29-33-15-16-34-29)22-28-19-31-13-14-32-28/h5-16,19H,3-4,17-18,20-23H2,1-2H3,(H,33,34)(H,35,38). The molecule has 0 radical (unpaired) electrons. The van der Waals surface area contributed by atoms with Crippen molar-refractivity contribution < 1.29 is 4.79 Å². The topological polar surface area (TPSA) is 90.0 Å². The van der Waals surface area contributed by atoms with E-state index in [2.05, 4.69) is 61.0 Å². The molecule has 0 atom stereocenters. The summed E-state index contributed by atoms with van der Waals surface area (Å²) in [5.41, 5.74) is 4.68. The van der Waals surface area contributed by atoms with Crippen LogP contribution in [-0.2, 0) is 26.2 Å². The molecule has 2 aromatic heterocycles. The fourth-order valence-corrected chi connectivity index (χ4v) is 4.48. The summed E-state index contributed by atoms with van der Waals surface area (Å²) in [6.45, 7) is 9.54. The number of imidazole rings is 1. The zero-order chi connectivity index (χ0) is 26.6. The number of carbonyl (C=O) groups is 1. The van der Waals surface area contributed by atoms with Gasteiger partial charge in [-0.3, -0.25) is 24.6 Å². The molecule has 4 rings (SSSR count). The van der Waals surface area contributed by atoms with E-state index in [-0.39, 0.29) is 5.91 Å². The molecule has 2 heterocycles. The predicted octanol–water partition coefficient (Wildman–Crippen LogP) is 5.28. The molecule has 0 spiro atoms. The highest BCUT2D eigenvalue weighted by molar-refractivity contribution is 6.04. The Hall–Kier alpha value is -3.88. The van der Waals surface area contributed by atoms with Gasteiger partial charge in [-0.05, 0) is 61.3 Å². The average molecular weight is 512 g/mol. The molecule has 0 unspecified atom stereocenters. The largest absolute Gasteiger partial charge is 0.348 e. The van der Waals surface area contributed by atoms with E-state index in [4.69, 9.17) is 0 Å². The minimum atomic E-state index is -0.116. The molecular formula is C30H37N7O. The lowest BCUT2D eigenvalue weighted by molar-refractivity contribution is 0.102. The Morgan fingerprint density at radius 1 is 0.789 bits per heavy atom. The lowest BCUT2D eigenvalue weighted by Crippen LogP contribution is -2.24. The summed E-state index contributed by atoms with van der Waals surface area (Å²) < 4.78 is 0. The van der Waals surface area contributed by atoms with E-state index >= 15 is 0 Å². The number of amides is 1. The van der Waals surface area contributed by atoms with Crippen molar-refractivity contribution in [1.82, 2.24) is 29.7 Å². The van der Waals surface area contributed by atoms with E-state index < -0.39 is 0 Å². The smallest absolute Gasteiger partial charge is 0.255 e. The number of hydrogen-bond acceptors (Lipinski definition) is 6. The third kappa shape index (κ3) is 8.33. The van der Waals surface area contributed by atoms with Crippen molar-refractivity contribution >= 4 is 11.6 Å². The van der Waals surface area contributed by atoms with E-state index in [1.165, 1.54) is 5.56 Å². The number of nitrogens with zero attached hydrogens (tertiary/aromatic N) is 5. The number of H-pyrrole nitrogens is 1. The average Bonchev–Trinajstić information content (AvgIpc) is 3.44. The Morgan fingerprint density at radius 2 is 1.47 bits per heavy atom. The molecule has 0 aliphatic carbocycles. The van der Waals surface area contributed by atoms with Crippen molar-refractivity contribution in [2.75, 3.05) is 18.4 Å². The molecular weight excluding hydrogens is 474 g/mol. The van der Waals surface area contributed by atoms with Crippen molar-refractivity contribution in [3.05, 3.63) is 108 Å². The molecule has 0 aliphatic rings. The van der Waals surface area contributed by atoms with Crippen LogP contribution >= 0.6 is 0 Å². The summed E-state index contributed by atoms with van der Waals surface area (Å²) in [4.78, 5) is 33.7. The van der Waals surface area contributed by atoms with Gasteiger partial charge < -0.3 is 10.3 Å². The number of nitrogens with one attached hydrogen (secondary N) is 2. The van der Waals surface area contributed by atoms with Gasteiger partial charge in [0.15, 0.2) is 0 Å². The second kappa shape index (κ2) is 14.2. The van der Waals surface area contributed by atoms with Gasteiger partial charge in [0, 0.05) is 61.9 Å². The minimum absolute atomic E-state index is 0.116. The first-order valence-electron chi connectivity index (χ1n) is 13.3. The second-order valence-electron chi connectivity index (χ2n) is 9.50. The third-order valence-corrected chi connectivity index (χ3v) is 6.25. The minimum Gasteiger partial charge on any atom is -0.348 e. The maximum atomic E-state index is 12.9. The van der Waals surface area contributed by atoms with Crippen LogP contribution in [0.3, 0.4) is 0 Å². The van der Waals surface area contributed by atoms with Crippen LogP contribution < -0.4 is 5.32 Å². The van der Waals surface area contributed by atoms with Crippen molar-refractivity contribution in [3.8, 4) is 0 Å². The van der Waals surface area contributed by atoms with E-state index in [0.29, 0.717) is 25.2 Å². The Morgan fingerprint density at radius 3 is 2.08 bits per heavy atom. The monoisotopic (exact) mass is 511 g/mol. The highest BCUT2D eigenvalue weighted by Crippen LogP contribution is 2.16. The third-order valence-electron chi connectivity index (χ3n) is 6.25. The Labute approximate surface area is 225 Å². The van der Waals surface area contributed by atoms with Crippen molar-refractivity contribution in [2.45, 2.75) is 52.9 Å². The quantitative estimate of drug-likeness (QED) is 0.240. The van der Waals surface area contributed by atoms with Crippen LogP contribution in [0.4, 0.5) is 5.69 Å². The Balaban J connectivity index is 1.35. The number of aromatic nitrogens is 4. The summed E-state index contributed by atoms with van der Waals surface area (Å²) in [5, 5.41) is 3.02. The lowest BCUT2D eigenvalue weighted by Gasteiger charge is -2.21.